The van der Waals surface area contributed by atoms with Crippen molar-refractivity contribution in [2.45, 2.75) is 188 Å². The number of phenolic OH excluding ortho intramolecular Hbond substituents is 1. The Morgan fingerprint density at radius 3 is 1.89 bits per heavy atom. The zero-order chi connectivity index (χ0) is 83.9. The summed E-state index contributed by atoms with van der Waals surface area (Å²) in [5, 5.41) is 80.2. The standard InChI is InChI=1S/C69H100N24O19S2/c1-34(94)55-66(110)87-48(28-54(98)99)67(111)93-24-5-4-14-51(93)65(109)83-42(11-6-21-76-68(73)74)59(103)88-50(33-114)64(108)81-41(12-7-22-77-69(75)112)58(102)85-46(26-36-30-78-40-10-3-2-9-39(36)40)61(105)82-44(19-20-52(71)96)60(104)80-43(57(101)84-45(56(72)100)25-35-15-17-38(95)18-16-35)13-8-23-92-31-37(90-91-92)27-47(62(106)89-55)86-63(107)49(32-113)79-53(97)29-70/h2-3,9-10,15-18,30-31,34,41-51,55,78,94-95,113-114H,4-8,11-14,19-29,32-33,70H2,1H3,(H2,71,96)(H2,72,100)(H,79,97)(H,80,104)(H,81,108)(H,82,105)(H,83,109)(H,84,101)(H,85,102)(H,86,107)(H,87,110)(H,88,103)(H,89,106)(H,98,99)(H4,73,74,76)(H3,75,77,112)/t34-,41+,42+,43?,44+,45+,46+,47+,48+,49+,50+,51+,55+/m1/s1. The minimum Gasteiger partial charge on any atom is -0.508 e. The van der Waals surface area contributed by atoms with E-state index in [1.165, 1.54) is 35.1 Å². The van der Waals surface area contributed by atoms with Gasteiger partial charge in [-0.1, -0.05) is 35.5 Å². The number of carboxylic acids is 1. The first-order valence-corrected chi connectivity index (χ1v) is 37.8. The Labute approximate surface area is 663 Å². The highest BCUT2D eigenvalue weighted by Crippen LogP contribution is 2.23. The number of aromatic nitrogens is 4. The number of urea groups is 1. The van der Waals surface area contributed by atoms with Gasteiger partial charge >= 0.3 is 12.0 Å². The number of piperidine rings is 1. The molecule has 2 aromatic heterocycles. The first-order chi connectivity index (χ1) is 54.2. The number of carbonyl (C=O) groups is 16. The number of aromatic hydroxyl groups is 1. The molecule has 28 N–H and O–H groups in total. The first-order valence-electron chi connectivity index (χ1n) is 36.5. The molecule has 622 valence electrons. The van der Waals surface area contributed by atoms with E-state index in [2.05, 4.69) is 110 Å². The molecular formula is C69H100N24O19S2. The lowest BCUT2D eigenvalue weighted by Crippen LogP contribution is -2.63. The van der Waals surface area contributed by atoms with Crippen LogP contribution in [0.3, 0.4) is 0 Å². The van der Waals surface area contributed by atoms with Gasteiger partial charge in [-0.2, -0.15) is 25.3 Å². The second-order valence-corrected chi connectivity index (χ2v) is 27.9. The van der Waals surface area contributed by atoms with Crippen LogP contribution in [0.2, 0.25) is 0 Å². The largest absolute Gasteiger partial charge is 0.508 e. The molecule has 43 nitrogen and oxygen atoms in total. The number of primary amides is 3. The number of carboxylic acid groups (broad SMARTS) is 1. The highest BCUT2D eigenvalue weighted by atomic mass is 32.1. The molecule has 2 aliphatic heterocycles. The van der Waals surface area contributed by atoms with Gasteiger partial charge in [0.05, 0.1) is 24.8 Å². The monoisotopic (exact) mass is 1630 g/mol. The lowest BCUT2D eigenvalue weighted by Gasteiger charge is -2.37. The second kappa shape index (κ2) is 45.0. The molecule has 0 radical (unpaired) electrons. The third-order valence-corrected chi connectivity index (χ3v) is 19.2. The van der Waals surface area contributed by atoms with Gasteiger partial charge in [-0.25, -0.2) is 4.79 Å². The molecule has 6 rings (SSSR count). The van der Waals surface area contributed by atoms with E-state index >= 15 is 9.59 Å². The highest BCUT2D eigenvalue weighted by Gasteiger charge is 2.42. The van der Waals surface area contributed by atoms with Crippen LogP contribution in [0, 0.1) is 5.41 Å². The number of hydrogen-bond donors (Lipinski definition) is 25. The molecule has 2 aliphatic rings. The zero-order valence-electron chi connectivity index (χ0n) is 62.3. The number of aryl methyl sites for hydroxylation is 1. The van der Waals surface area contributed by atoms with Gasteiger partial charge in [-0.05, 0) is 100 Å². The Hall–Kier alpha value is -11.9. The third-order valence-electron chi connectivity index (χ3n) is 18.4. The fraction of sp³-hybridized carbons (Fsp3) is 0.522. The van der Waals surface area contributed by atoms with Gasteiger partial charge in [0.1, 0.15) is 78.3 Å². The normalized spacial score (nSPS) is 22.5. The number of hydrogen-bond acceptors (Lipinski definition) is 24. The molecule has 2 bridgehead atoms. The van der Waals surface area contributed by atoms with Crippen molar-refractivity contribution in [1.29, 1.82) is 5.41 Å². The summed E-state index contributed by atoms with van der Waals surface area (Å²) in [5.74, 6) is -18.0. The molecular weight excluding hydrogens is 1530 g/mol. The number of benzene rings is 2. The fourth-order valence-corrected chi connectivity index (χ4v) is 12.9. The number of nitrogens with two attached hydrogens (primary N) is 5. The van der Waals surface area contributed by atoms with E-state index in [4.69, 9.17) is 34.1 Å². The van der Waals surface area contributed by atoms with Crippen LogP contribution in [0.5, 0.6) is 5.75 Å². The van der Waals surface area contributed by atoms with Crippen molar-refractivity contribution in [2.75, 3.05) is 37.7 Å². The minimum absolute atomic E-state index is 0.000365. The quantitative estimate of drug-likeness (QED) is 0.0114. The Bertz CT molecular complexity index is 4110. The number of carbonyl (C=O) groups excluding carboxylic acids is 15. The Kier molecular flexibility index (Phi) is 35.9. The summed E-state index contributed by atoms with van der Waals surface area (Å²) in [6.07, 6.45) is -3.13. The molecule has 4 heterocycles. The number of nitrogens with zero attached hydrogens (tertiary/aromatic N) is 4. The van der Waals surface area contributed by atoms with Gasteiger partial charge in [0.15, 0.2) is 5.96 Å². The summed E-state index contributed by atoms with van der Waals surface area (Å²) in [5.41, 5.74) is 29.2. The number of aliphatic carboxylic acids is 1. The van der Waals surface area contributed by atoms with Crippen molar-refractivity contribution in [2.24, 2.45) is 28.7 Å². The summed E-state index contributed by atoms with van der Waals surface area (Å²) in [4.78, 5) is 228. The zero-order valence-corrected chi connectivity index (χ0v) is 64.1. The predicted molar refractivity (Wildman–Crippen MR) is 412 cm³/mol. The summed E-state index contributed by atoms with van der Waals surface area (Å²) in [7, 11) is 0. The lowest BCUT2D eigenvalue weighted by atomic mass is 9.98. The maximum atomic E-state index is 15.2. The van der Waals surface area contributed by atoms with E-state index in [0.717, 1.165) is 11.8 Å². The van der Waals surface area contributed by atoms with Gasteiger partial charge in [-0.15, -0.1) is 5.10 Å². The number of phenols is 1. The summed E-state index contributed by atoms with van der Waals surface area (Å²) in [6.45, 7) is -0.125. The van der Waals surface area contributed by atoms with Crippen LogP contribution in [-0.2, 0) is 97.7 Å². The van der Waals surface area contributed by atoms with E-state index in [0.29, 0.717) is 28.5 Å². The first kappa shape index (κ1) is 91.0. The van der Waals surface area contributed by atoms with Crippen molar-refractivity contribution in [3.05, 3.63) is 77.7 Å². The van der Waals surface area contributed by atoms with Crippen molar-refractivity contribution in [1.82, 2.24) is 94.0 Å². The number of nitrogens with one attached hydrogen (secondary N) is 15. The molecule has 1 saturated heterocycles. The number of para-hydroxylation sites is 1. The van der Waals surface area contributed by atoms with Crippen LogP contribution in [0.1, 0.15) is 101 Å². The number of thiol groups is 2. The van der Waals surface area contributed by atoms with Gasteiger partial charge < -0.3 is 123 Å². The van der Waals surface area contributed by atoms with E-state index < -0.39 is 217 Å². The second-order valence-electron chi connectivity index (χ2n) is 27.2. The van der Waals surface area contributed by atoms with Gasteiger partial charge in [0, 0.05) is 86.7 Å². The molecule has 4 aromatic rings. The van der Waals surface area contributed by atoms with E-state index in [-0.39, 0.29) is 108 Å². The van der Waals surface area contributed by atoms with Crippen LogP contribution in [-0.4, -0.2) is 257 Å². The topological polar surface area (TPSA) is 694 Å². The Balaban J connectivity index is 1.48. The van der Waals surface area contributed by atoms with Crippen LogP contribution in [0.15, 0.2) is 60.9 Å². The van der Waals surface area contributed by atoms with Gasteiger partial charge in [0.25, 0.3) is 0 Å². The molecule has 0 saturated carbocycles. The van der Waals surface area contributed by atoms with Crippen molar-refractivity contribution in [3.8, 4) is 5.75 Å². The average molecular weight is 1630 g/mol. The van der Waals surface area contributed by atoms with Crippen molar-refractivity contribution in [3.63, 3.8) is 0 Å². The minimum atomic E-state index is -2.06. The van der Waals surface area contributed by atoms with Crippen molar-refractivity contribution >= 4 is 137 Å². The maximum Gasteiger partial charge on any atom is 0.312 e. The van der Waals surface area contributed by atoms with Crippen molar-refractivity contribution < 1.29 is 92.0 Å². The van der Waals surface area contributed by atoms with E-state index in [9.17, 15) is 82.4 Å². The summed E-state index contributed by atoms with van der Waals surface area (Å²) < 4.78 is 1.21. The summed E-state index contributed by atoms with van der Waals surface area (Å²) >= 11 is 8.51. The van der Waals surface area contributed by atoms with Crippen LogP contribution in [0.4, 0.5) is 4.79 Å². The Morgan fingerprint density at radius 1 is 0.675 bits per heavy atom. The van der Waals surface area contributed by atoms with Crippen LogP contribution < -0.4 is 97.8 Å². The molecule has 16 amide bonds. The van der Waals surface area contributed by atoms with Gasteiger partial charge in [0.2, 0.25) is 82.7 Å². The predicted octanol–water partition coefficient (Wildman–Crippen LogP) is -7.86. The Morgan fingerprint density at radius 2 is 1.28 bits per heavy atom. The van der Waals surface area contributed by atoms with Crippen LogP contribution >= 0.6 is 25.3 Å². The molecule has 0 aliphatic carbocycles. The fourth-order valence-electron chi connectivity index (χ4n) is 12.4. The maximum absolute atomic E-state index is 15.2. The molecule has 1 fully saturated rings. The van der Waals surface area contributed by atoms with Gasteiger partial charge in [-0.3, -0.25) is 82.0 Å². The molecule has 45 heteroatoms. The number of aliphatic hydroxyl groups excluding tert-OH is 1. The summed E-state index contributed by atoms with van der Waals surface area (Å²) in [6, 6.07) is -8.87. The number of amides is 16. The number of aliphatic hydroxyl groups is 1. The SMILES string of the molecule is C[C@@H](O)[C@@H]1NC(=O)[C@@H](NC(=O)[C@H](CS)NC(=O)CN)Cc2cn(nn2)CCCC(C(=O)N[C@@H](Cc2ccc(O)cc2)C(N)=O)NC(=O)[C@H](CCC(N)=O)NC(=O)[C@H](Cc2c[nH]c3ccccc23)NC(=O)[C@H](CCCNC(N)=O)NC(=O)[C@H](CS)NC(=O)[C@H](CCCNC(=N)N)NC(=O)[C@@H]2CCCCN2C(=O)[C@H](CC(=O)O)NC1=O. The smallest absolute Gasteiger partial charge is 0.312 e. The van der Waals surface area contributed by atoms with E-state index in [1.807, 2.05) is 0 Å². The number of aromatic amines is 1. The molecule has 114 heavy (non-hydrogen) atoms. The number of rotatable bonds is 27. The van der Waals surface area contributed by atoms with Crippen LogP contribution in [0.25, 0.3) is 10.9 Å². The average Bonchev–Trinajstić information content (AvgIpc) is 1.29. The number of guanidine groups is 1. The third kappa shape index (κ3) is 28.7. The number of H-pyrrole nitrogens is 1. The highest BCUT2D eigenvalue weighted by molar-refractivity contribution is 7.80. The lowest BCUT2D eigenvalue weighted by molar-refractivity contribution is -0.149. The molecule has 13 atom stereocenters. The van der Waals surface area contributed by atoms with E-state index in [1.54, 1.807) is 30.5 Å². The molecule has 0 spiro atoms. The number of fused-ring (bicyclic) bond motifs is 4. The molecule has 1 unspecified atom stereocenters. The molecule has 2 aromatic carbocycles.